The number of hydrogen-bond donors (Lipinski definition) is 0. The minimum absolute atomic E-state index is 0.851. The van der Waals surface area contributed by atoms with Crippen molar-refractivity contribution in [1.29, 1.82) is 0 Å². The highest BCUT2D eigenvalue weighted by molar-refractivity contribution is 6.16. The van der Waals surface area contributed by atoms with E-state index in [9.17, 15) is 0 Å². The number of hydrogen-bond acceptors (Lipinski definition) is 4. The number of fused-ring (bicyclic) bond motifs is 13. The van der Waals surface area contributed by atoms with Gasteiger partial charge in [-0.15, -0.1) is 0 Å². The molecule has 22 aromatic carbocycles. The molecule has 0 unspecified atom stereocenters. The molecule has 636 valence electrons. The van der Waals surface area contributed by atoms with Crippen molar-refractivity contribution in [2.75, 3.05) is 9.80 Å². The smallest absolute Gasteiger partial charge is 0.143 e. The maximum Gasteiger partial charge on any atom is 0.143 e. The Labute approximate surface area is 786 Å². The molecule has 4 aromatic heterocycles. The first kappa shape index (κ1) is 78.9. The number of aromatic nitrogens is 2. The SMILES string of the molecule is c1ccc(-c2ccc(-c3ccc(N(c4ccc(-c5ccc(-c6cc(-c7ccc(-c8ccc(N(c9ccc(-c%10ccc(-c%11cccc%12c%11oc%11ccccc%11%12)cc%10)cc9)c9ccccc9-c9ccccc9-n9c%10ccccc%10c%10ccccc%109)cc8)c8ccccc78)cc7c6oc6ccccc67)cc5)cc4)c4ccccc4-c4ccccc4-n4c5ccccc5c5ccccc54)cc3)cc2)cc1. The summed E-state index contributed by atoms with van der Waals surface area (Å²) in [4.78, 5) is 4.85. The van der Waals surface area contributed by atoms with Crippen LogP contribution in [0.1, 0.15) is 0 Å². The minimum Gasteiger partial charge on any atom is -0.455 e. The van der Waals surface area contributed by atoms with Gasteiger partial charge in [-0.1, -0.05) is 388 Å². The van der Waals surface area contributed by atoms with Crippen LogP contribution in [0, 0.1) is 0 Å². The molecule has 0 fully saturated rings. The van der Waals surface area contributed by atoms with Gasteiger partial charge in [0, 0.05) is 99.2 Å². The molecule has 0 radical (unpaired) electrons. The van der Waals surface area contributed by atoms with Gasteiger partial charge < -0.3 is 27.8 Å². The van der Waals surface area contributed by atoms with Crippen LogP contribution in [-0.2, 0) is 0 Å². The molecule has 0 saturated carbocycles. The molecular formula is C130H84N4O2. The summed E-state index contributed by atoms with van der Waals surface area (Å²) in [6.45, 7) is 0. The zero-order chi connectivity index (χ0) is 89.7. The summed E-state index contributed by atoms with van der Waals surface area (Å²) in [6, 6.07) is 186. The van der Waals surface area contributed by atoms with Gasteiger partial charge in [-0.2, -0.15) is 0 Å². The zero-order valence-corrected chi connectivity index (χ0v) is 74.1. The van der Waals surface area contributed by atoms with Gasteiger partial charge in [-0.3, -0.25) is 0 Å². The Hall–Kier alpha value is -18.1. The summed E-state index contributed by atoms with van der Waals surface area (Å²) in [6.07, 6.45) is 0. The number of benzene rings is 22. The van der Waals surface area contributed by atoms with Crippen LogP contribution in [0.3, 0.4) is 0 Å². The van der Waals surface area contributed by atoms with Crippen LogP contribution < -0.4 is 9.80 Å². The highest BCUT2D eigenvalue weighted by atomic mass is 16.3. The van der Waals surface area contributed by atoms with E-state index in [1.807, 2.05) is 12.1 Å². The molecule has 0 N–H and O–H groups in total. The second-order valence-electron chi connectivity index (χ2n) is 35.2. The fourth-order valence-corrected chi connectivity index (χ4v) is 21.1. The molecule has 0 aliphatic carbocycles. The molecule has 0 atom stereocenters. The minimum atomic E-state index is 0.851. The molecule has 6 nitrogen and oxygen atoms in total. The van der Waals surface area contributed by atoms with E-state index in [4.69, 9.17) is 8.83 Å². The quantitative estimate of drug-likeness (QED) is 0.0859. The van der Waals surface area contributed by atoms with Crippen molar-refractivity contribution in [1.82, 2.24) is 9.13 Å². The third kappa shape index (κ3) is 13.6. The molecule has 0 aliphatic rings. The summed E-state index contributed by atoms with van der Waals surface area (Å²) >= 11 is 0. The van der Waals surface area contributed by atoms with Gasteiger partial charge >= 0.3 is 0 Å². The Balaban J connectivity index is 0.541. The van der Waals surface area contributed by atoms with Gasteiger partial charge in [0.05, 0.1) is 44.8 Å². The first-order valence-corrected chi connectivity index (χ1v) is 46.6. The van der Waals surface area contributed by atoms with Crippen molar-refractivity contribution in [2.24, 2.45) is 0 Å². The Morgan fingerprint density at radius 3 is 0.838 bits per heavy atom. The molecule has 26 rings (SSSR count). The Kier molecular flexibility index (Phi) is 19.2. The zero-order valence-electron chi connectivity index (χ0n) is 74.1. The second kappa shape index (κ2) is 33.1. The summed E-state index contributed by atoms with van der Waals surface area (Å²) in [7, 11) is 0. The van der Waals surface area contributed by atoms with E-state index >= 15 is 0 Å². The number of nitrogens with zero attached hydrogens (tertiary/aromatic N) is 4. The van der Waals surface area contributed by atoms with Gasteiger partial charge in [-0.05, 0) is 210 Å². The van der Waals surface area contributed by atoms with Crippen LogP contribution in [-0.4, -0.2) is 9.13 Å². The standard InChI is InChI=1S/C130H84N4O2/c1-2-27-85(28-3-1)86-53-55-87(56-54-86)90-65-73-97(74-66-90)131(119-43-16-6-31-106(119)108-33-8-18-45-121(108)133-123-47-20-10-35-110(123)111-36-11-21-48-124(111)133)98-75-69-92(70-76-98)89-59-63-95(64-60-89)117-83-96(84-118-115-40-15-25-52-128(115)136-130(117)118)102-82-81-101(104-29-4-5-30-105(102)104)93-71-79-100(80-72-93)132(99-77-67-91(68-78-99)88-57-61-94(62-58-88)103-41-26-42-116-114-39-14-24-51-127(114)135-129(103)116)120-44-17-7-32-107(120)109-34-9-19-46-122(109)134-125-49-22-12-37-112(125)113-38-13-23-50-126(113)134/h1-84H. The summed E-state index contributed by atoms with van der Waals surface area (Å²) in [5.41, 5.74) is 39.0. The molecule has 0 aliphatic heterocycles. The van der Waals surface area contributed by atoms with Gasteiger partial charge in [0.1, 0.15) is 22.3 Å². The van der Waals surface area contributed by atoms with Crippen LogP contribution in [0.5, 0.6) is 0 Å². The van der Waals surface area contributed by atoms with Crippen LogP contribution in [0.25, 0.3) is 221 Å². The Bertz CT molecular complexity index is 9010. The van der Waals surface area contributed by atoms with Crippen molar-refractivity contribution >= 4 is 132 Å². The van der Waals surface area contributed by atoms with E-state index in [0.29, 0.717) is 0 Å². The van der Waals surface area contributed by atoms with Crippen molar-refractivity contribution < 1.29 is 8.83 Å². The molecule has 6 heteroatoms. The van der Waals surface area contributed by atoms with Crippen molar-refractivity contribution in [3.05, 3.63) is 510 Å². The molecule has 0 spiro atoms. The van der Waals surface area contributed by atoms with E-state index in [0.717, 1.165) is 211 Å². The van der Waals surface area contributed by atoms with Crippen molar-refractivity contribution in [3.8, 4) is 123 Å². The molecule has 0 amide bonds. The monoisotopic (exact) mass is 1730 g/mol. The molecule has 0 bridgehead atoms. The van der Waals surface area contributed by atoms with Gasteiger partial charge in [-0.25, -0.2) is 0 Å². The largest absolute Gasteiger partial charge is 0.455 e. The first-order chi connectivity index (χ1) is 67.5. The highest BCUT2D eigenvalue weighted by Crippen LogP contribution is 2.51. The lowest BCUT2D eigenvalue weighted by atomic mass is 9.89. The highest BCUT2D eigenvalue weighted by Gasteiger charge is 2.27. The number of rotatable bonds is 18. The fourth-order valence-electron chi connectivity index (χ4n) is 21.1. The molecule has 4 heterocycles. The predicted molar refractivity (Wildman–Crippen MR) is 571 cm³/mol. The molecule has 136 heavy (non-hydrogen) atoms. The fraction of sp³-hybridized carbons (Fsp3) is 0. The summed E-state index contributed by atoms with van der Waals surface area (Å²) in [5.74, 6) is 0. The maximum atomic E-state index is 6.97. The van der Waals surface area contributed by atoms with Crippen LogP contribution in [0.4, 0.5) is 34.1 Å². The van der Waals surface area contributed by atoms with E-state index < -0.39 is 0 Å². The van der Waals surface area contributed by atoms with Crippen molar-refractivity contribution in [3.63, 3.8) is 0 Å². The average Bonchev–Trinajstić information content (AvgIpc) is 1.55. The van der Waals surface area contributed by atoms with E-state index in [1.165, 1.54) is 43.7 Å². The van der Waals surface area contributed by atoms with Gasteiger partial charge in [0.15, 0.2) is 0 Å². The van der Waals surface area contributed by atoms with E-state index in [1.54, 1.807) is 0 Å². The predicted octanol–water partition coefficient (Wildman–Crippen LogP) is 36.4. The summed E-state index contributed by atoms with van der Waals surface area (Å²) in [5, 5.41) is 11.6. The normalized spacial score (nSPS) is 11.7. The molecular weight excluding hydrogens is 1650 g/mol. The number of furan rings is 2. The Morgan fingerprint density at radius 2 is 0.419 bits per heavy atom. The molecule has 26 aromatic rings. The van der Waals surface area contributed by atoms with Gasteiger partial charge in [0.2, 0.25) is 0 Å². The van der Waals surface area contributed by atoms with Crippen LogP contribution in [0.2, 0.25) is 0 Å². The van der Waals surface area contributed by atoms with Gasteiger partial charge in [0.25, 0.3) is 0 Å². The lowest BCUT2D eigenvalue weighted by molar-refractivity contribution is 0.669. The third-order valence-corrected chi connectivity index (χ3v) is 27.6. The number of anilines is 6. The second-order valence-corrected chi connectivity index (χ2v) is 35.2. The Morgan fingerprint density at radius 1 is 0.147 bits per heavy atom. The molecule has 0 saturated heterocycles. The van der Waals surface area contributed by atoms with E-state index in [-0.39, 0.29) is 0 Å². The average molecular weight is 1730 g/mol. The lowest BCUT2D eigenvalue weighted by Gasteiger charge is -2.29. The topological polar surface area (TPSA) is 42.6 Å². The van der Waals surface area contributed by atoms with Crippen LogP contribution in [0.15, 0.2) is 518 Å². The van der Waals surface area contributed by atoms with Crippen LogP contribution >= 0.6 is 0 Å². The third-order valence-electron chi connectivity index (χ3n) is 27.6. The van der Waals surface area contributed by atoms with Crippen molar-refractivity contribution in [2.45, 2.75) is 0 Å². The maximum absolute atomic E-state index is 6.97. The van der Waals surface area contributed by atoms with E-state index in [2.05, 4.69) is 516 Å². The first-order valence-electron chi connectivity index (χ1n) is 46.6. The number of para-hydroxylation sites is 11. The summed E-state index contributed by atoms with van der Waals surface area (Å²) < 4.78 is 18.4. The lowest BCUT2D eigenvalue weighted by Crippen LogP contribution is -2.11.